The van der Waals surface area contributed by atoms with E-state index in [-0.39, 0.29) is 31.9 Å². The summed E-state index contributed by atoms with van der Waals surface area (Å²) in [5.74, 6) is 13.4. The van der Waals surface area contributed by atoms with Crippen LogP contribution < -0.4 is 52.2 Å². The van der Waals surface area contributed by atoms with E-state index in [9.17, 15) is 0 Å². The highest BCUT2D eigenvalue weighted by Gasteiger charge is 2.08. The zero-order chi connectivity index (χ0) is 41.8. The minimum Gasteiger partial charge on any atom is -1.00 e. The lowest BCUT2D eigenvalue weighted by molar-refractivity contribution is -0.688. The van der Waals surface area contributed by atoms with Gasteiger partial charge in [-0.25, -0.2) is 22.8 Å². The summed E-state index contributed by atoms with van der Waals surface area (Å²) in [7, 11) is 6.05. The third kappa shape index (κ3) is 15.3. The molecule has 6 heterocycles. The molecule has 316 valence electrons. The summed E-state index contributed by atoms with van der Waals surface area (Å²) in [5, 5.41) is 0. The van der Waals surface area contributed by atoms with Gasteiger partial charge in [0.15, 0.2) is 87.5 Å². The molecule has 0 spiro atoms. The van der Waals surface area contributed by atoms with Gasteiger partial charge in [-0.2, -0.15) is 0 Å². The fraction of sp³-hybridized carbons (Fsp3) is 0.111. The van der Waals surface area contributed by atoms with Crippen LogP contribution in [0.25, 0.3) is 33.4 Å². The van der Waals surface area contributed by atoms with Gasteiger partial charge in [-0.3, -0.25) is 0 Å². The summed E-state index contributed by atoms with van der Waals surface area (Å²) >= 11 is 0. The maximum atomic E-state index is 2.91. The molecule has 8 heteroatoms. The molecule has 8 rings (SSSR count). The van der Waals surface area contributed by atoms with E-state index >= 15 is 0 Å². The topological polar surface area (TPSA) is 23.3 Å². The number of aromatic nitrogens is 6. The summed E-state index contributed by atoms with van der Waals surface area (Å²) in [4.78, 5) is 0. The maximum absolute atomic E-state index is 2.91. The Hall–Kier alpha value is -7.40. The van der Waals surface area contributed by atoms with Crippen molar-refractivity contribution in [2.75, 3.05) is 0 Å². The SMILES string of the molecule is CC#CC#CC#C[n+]1ccc(-c2cc[n+](C)cc2)cc1.C[n+]1ccc(-c2cc[n+](C)cc2)cc1.[Cl-].[Cl-].[HH].[HH].[HH].[HH].[HH].c1ccc(C[n+]2ccc(-c3cc[n+](Cc4ccccc4)cc3)cc2)cc1. The van der Waals surface area contributed by atoms with Gasteiger partial charge in [0.05, 0.1) is 5.92 Å². The third-order valence-electron chi connectivity index (χ3n) is 9.46. The summed E-state index contributed by atoms with van der Waals surface area (Å²) < 4.78 is 12.3. The summed E-state index contributed by atoms with van der Waals surface area (Å²) in [5.41, 5.74) is 9.95. The van der Waals surface area contributed by atoms with Crippen LogP contribution in [0.5, 0.6) is 0 Å². The lowest BCUT2D eigenvalue weighted by Crippen LogP contribution is -3.00. The molecule has 0 fully saturated rings. The molecule has 0 unspecified atom stereocenters. The van der Waals surface area contributed by atoms with Crippen LogP contribution in [0.1, 0.15) is 25.2 Å². The lowest BCUT2D eigenvalue weighted by Gasteiger charge is -2.02. The first-order valence-corrected chi connectivity index (χ1v) is 19.8. The van der Waals surface area contributed by atoms with Gasteiger partial charge in [0, 0.05) is 97.0 Å². The number of hydrogen-bond donors (Lipinski definition) is 0. The van der Waals surface area contributed by atoms with Gasteiger partial charge in [0.1, 0.15) is 21.1 Å². The molecular weight excluding hydrogens is 804 g/mol. The van der Waals surface area contributed by atoms with E-state index in [0.29, 0.717) is 0 Å². The Morgan fingerprint density at radius 1 is 0.355 bits per heavy atom. The van der Waals surface area contributed by atoms with E-state index in [4.69, 9.17) is 0 Å². The second-order valence-electron chi connectivity index (χ2n) is 14.1. The number of pyridine rings is 6. The molecule has 6 nitrogen and oxygen atoms in total. The number of halogens is 2. The molecule has 62 heavy (non-hydrogen) atoms. The van der Waals surface area contributed by atoms with Crippen molar-refractivity contribution in [3.8, 4) is 69.0 Å². The van der Waals surface area contributed by atoms with Crippen LogP contribution in [0.3, 0.4) is 0 Å². The second kappa shape index (κ2) is 25.3. The standard InChI is InChI=1S/C24H22N2.C18H14N2.C12H14N2.2ClH.5H2/c1-3-7-21(8-4-1)19-25-15-11-23(12-16-25)24-13-17-26(18-14-24)20-22-9-5-2-6-10-22;1-3-4-5-6-7-12-20-15-10-18(11-16-20)17-8-13-19(2)14-9-17;1-13-7-3-11(4-8-13)12-5-9-14(2)10-6-12;;;;;;;/h1-18H,19-20H2;8-11,13-16H,1-2H3;3-10H,1-2H3;7*1H/q3*+2;;;;;;;/p-2. The number of hydrogen-bond acceptors (Lipinski definition) is 0. The van der Waals surface area contributed by atoms with Gasteiger partial charge in [-0.1, -0.05) is 66.6 Å². The molecule has 0 saturated heterocycles. The van der Waals surface area contributed by atoms with E-state index in [1.165, 1.54) is 38.9 Å². The van der Waals surface area contributed by atoms with Crippen LogP contribution in [-0.4, -0.2) is 0 Å². The maximum Gasteiger partial charge on any atom is 0.243 e. The van der Waals surface area contributed by atoms with Crippen LogP contribution in [0.2, 0.25) is 0 Å². The fourth-order valence-corrected chi connectivity index (χ4v) is 6.09. The van der Waals surface area contributed by atoms with Gasteiger partial charge in [-0.15, -0.1) is 4.57 Å². The molecule has 8 aromatic rings. The summed E-state index contributed by atoms with van der Waals surface area (Å²) in [6, 6.07) is 49.4. The van der Waals surface area contributed by atoms with Gasteiger partial charge < -0.3 is 24.8 Å². The summed E-state index contributed by atoms with van der Waals surface area (Å²) in [6.07, 6.45) is 24.7. The fourth-order valence-electron chi connectivity index (χ4n) is 6.09. The zero-order valence-electron chi connectivity index (χ0n) is 35.5. The van der Waals surface area contributed by atoms with Crippen molar-refractivity contribution >= 4 is 0 Å². The van der Waals surface area contributed by atoms with E-state index in [1.807, 2.05) is 71.8 Å². The largest absolute Gasteiger partial charge is 1.00 e. The molecule has 0 N–H and O–H groups in total. The molecule has 6 aromatic heterocycles. The predicted octanol–water partition coefficient (Wildman–Crippen LogP) is 1.57. The highest BCUT2D eigenvalue weighted by molar-refractivity contribution is 5.62. The highest BCUT2D eigenvalue weighted by Crippen LogP contribution is 2.17. The van der Waals surface area contributed by atoms with Crippen molar-refractivity contribution in [1.82, 2.24) is 0 Å². The number of benzene rings is 2. The molecule has 0 aliphatic carbocycles. The molecule has 0 atom stereocenters. The monoisotopic (exact) mass is 862 g/mol. The quantitative estimate of drug-likeness (QED) is 0.172. The van der Waals surface area contributed by atoms with Gasteiger partial charge in [0.25, 0.3) is 0 Å². The Morgan fingerprint density at radius 2 is 0.645 bits per heavy atom. The minimum atomic E-state index is 0. The number of rotatable bonds is 7. The molecule has 2 aromatic carbocycles. The average molecular weight is 864 g/mol. The van der Waals surface area contributed by atoms with Crippen molar-refractivity contribution < 1.29 is 59.3 Å². The van der Waals surface area contributed by atoms with Crippen molar-refractivity contribution in [2.24, 2.45) is 21.1 Å². The third-order valence-corrected chi connectivity index (χ3v) is 9.46. The van der Waals surface area contributed by atoms with Crippen LogP contribution in [-0.2, 0) is 34.2 Å². The van der Waals surface area contributed by atoms with Gasteiger partial charge in [0.2, 0.25) is 6.04 Å². The van der Waals surface area contributed by atoms with Gasteiger partial charge >= 0.3 is 0 Å². The molecular formula is C54H60Cl2N6+4. The molecule has 0 amide bonds. The Morgan fingerprint density at radius 3 is 0.968 bits per heavy atom. The van der Waals surface area contributed by atoms with Crippen LogP contribution in [0.4, 0.5) is 0 Å². The Balaban J connectivity index is 0. The summed E-state index contributed by atoms with van der Waals surface area (Å²) in [6.45, 7) is 3.54. The molecule has 0 aliphatic heterocycles. The lowest BCUT2D eigenvalue weighted by atomic mass is 10.1. The predicted molar refractivity (Wildman–Crippen MR) is 246 cm³/mol. The van der Waals surface area contributed by atoms with E-state index in [1.54, 1.807) is 11.5 Å². The Bertz CT molecular complexity index is 2640. The Kier molecular flexibility index (Phi) is 19.3. The van der Waals surface area contributed by atoms with Crippen molar-refractivity contribution in [3.63, 3.8) is 0 Å². The Labute approximate surface area is 387 Å². The number of aryl methyl sites for hydroxylation is 3. The van der Waals surface area contributed by atoms with E-state index in [2.05, 4.69) is 216 Å². The first kappa shape index (κ1) is 47.3. The van der Waals surface area contributed by atoms with Crippen molar-refractivity contribution in [2.45, 2.75) is 20.0 Å². The normalized spacial score (nSPS) is 9.42. The zero-order valence-corrected chi connectivity index (χ0v) is 37.0. The average Bonchev–Trinajstić information content (AvgIpc) is 3.29. The van der Waals surface area contributed by atoms with E-state index < -0.39 is 0 Å². The smallest absolute Gasteiger partial charge is 0.243 e. The first-order valence-electron chi connectivity index (χ1n) is 19.8. The molecule has 0 saturated carbocycles. The van der Waals surface area contributed by atoms with E-state index in [0.717, 1.165) is 18.7 Å². The van der Waals surface area contributed by atoms with Gasteiger partial charge in [-0.05, 0) is 52.1 Å². The first-order chi connectivity index (χ1) is 29.4. The highest BCUT2D eigenvalue weighted by atomic mass is 35.5. The van der Waals surface area contributed by atoms with Crippen molar-refractivity contribution in [3.05, 3.63) is 219 Å². The minimum absolute atomic E-state index is 0. The van der Waals surface area contributed by atoms with Crippen LogP contribution >= 0.6 is 0 Å². The molecule has 0 radical (unpaired) electrons. The number of nitrogens with zero attached hydrogens (tertiary/aromatic N) is 6. The molecule has 0 bridgehead atoms. The van der Waals surface area contributed by atoms with Crippen LogP contribution in [0.15, 0.2) is 208 Å². The molecule has 0 aliphatic rings. The van der Waals surface area contributed by atoms with Crippen molar-refractivity contribution in [1.29, 1.82) is 0 Å². The second-order valence-corrected chi connectivity index (χ2v) is 14.1. The van der Waals surface area contributed by atoms with Crippen LogP contribution in [0, 0.1) is 35.6 Å².